The number of hydrogen-bond acceptors (Lipinski definition) is 2. The van der Waals surface area contributed by atoms with Gasteiger partial charge in [-0.05, 0) is 48.9 Å². The van der Waals surface area contributed by atoms with Gasteiger partial charge in [0.1, 0.15) is 0 Å². The van der Waals surface area contributed by atoms with Crippen molar-refractivity contribution in [2.45, 2.75) is 19.9 Å². The molecule has 0 aliphatic rings. The van der Waals surface area contributed by atoms with Crippen molar-refractivity contribution in [1.29, 1.82) is 0 Å². The van der Waals surface area contributed by atoms with Crippen molar-refractivity contribution < 1.29 is 0 Å². The monoisotopic (exact) mass is 382 g/mol. The van der Waals surface area contributed by atoms with Gasteiger partial charge < -0.3 is 5.32 Å². The summed E-state index contributed by atoms with van der Waals surface area (Å²) < 4.78 is 2.18. The molecule has 0 radical (unpaired) electrons. The number of benzene rings is 1. The van der Waals surface area contributed by atoms with Gasteiger partial charge in [0, 0.05) is 20.8 Å². The number of nitrogens with one attached hydrogen (secondary N) is 1. The highest BCUT2D eigenvalue weighted by molar-refractivity contribution is 9.11. The molecule has 0 bridgehead atoms. The van der Waals surface area contributed by atoms with E-state index in [0.717, 1.165) is 21.2 Å². The third-order valence-electron chi connectivity index (χ3n) is 2.94. The van der Waals surface area contributed by atoms with Gasteiger partial charge in [0.25, 0.3) is 0 Å². The zero-order chi connectivity index (χ0) is 13.8. The Morgan fingerprint density at radius 1 is 1.21 bits per heavy atom. The summed E-state index contributed by atoms with van der Waals surface area (Å²) >= 11 is 7.17. The van der Waals surface area contributed by atoms with Gasteiger partial charge >= 0.3 is 0 Å². The van der Waals surface area contributed by atoms with Crippen molar-refractivity contribution in [1.82, 2.24) is 10.3 Å². The molecule has 0 amide bonds. The third kappa shape index (κ3) is 3.65. The van der Waals surface area contributed by atoms with Crippen LogP contribution in [0.4, 0.5) is 0 Å². The van der Waals surface area contributed by atoms with E-state index in [-0.39, 0.29) is 6.04 Å². The number of hydrogen-bond donors (Lipinski definition) is 1. The maximum absolute atomic E-state index is 4.39. The van der Waals surface area contributed by atoms with Gasteiger partial charge in [0.05, 0.1) is 6.04 Å². The van der Waals surface area contributed by atoms with Crippen molar-refractivity contribution in [3.63, 3.8) is 0 Å². The fourth-order valence-corrected chi connectivity index (χ4v) is 2.85. The SMILES string of the molecule is CCNC(c1ccc(C)nc1)c1cc(Br)ccc1Br. The summed E-state index contributed by atoms with van der Waals surface area (Å²) in [5.74, 6) is 0. The van der Waals surface area contributed by atoms with E-state index in [1.165, 1.54) is 11.1 Å². The molecule has 2 rings (SSSR count). The number of halogens is 2. The van der Waals surface area contributed by atoms with E-state index in [4.69, 9.17) is 0 Å². The second-order valence-corrected chi connectivity index (χ2v) is 6.16. The number of aryl methyl sites for hydroxylation is 1. The Morgan fingerprint density at radius 2 is 2.00 bits per heavy atom. The predicted octanol–water partition coefficient (Wildman–Crippen LogP) is 4.61. The zero-order valence-corrected chi connectivity index (χ0v) is 14.1. The van der Waals surface area contributed by atoms with Gasteiger partial charge in [-0.1, -0.05) is 44.8 Å². The summed E-state index contributed by atoms with van der Waals surface area (Å²) in [4.78, 5) is 4.39. The lowest BCUT2D eigenvalue weighted by Gasteiger charge is -2.20. The van der Waals surface area contributed by atoms with Crippen molar-refractivity contribution in [3.8, 4) is 0 Å². The van der Waals surface area contributed by atoms with E-state index in [2.05, 4.69) is 67.3 Å². The topological polar surface area (TPSA) is 24.9 Å². The normalized spacial score (nSPS) is 12.4. The van der Waals surface area contributed by atoms with Crippen LogP contribution in [0, 0.1) is 6.92 Å². The molecule has 0 saturated heterocycles. The van der Waals surface area contributed by atoms with Gasteiger partial charge in [-0.2, -0.15) is 0 Å². The fraction of sp³-hybridized carbons (Fsp3) is 0.267. The third-order valence-corrected chi connectivity index (χ3v) is 4.16. The van der Waals surface area contributed by atoms with Crippen LogP contribution in [0.5, 0.6) is 0 Å². The summed E-state index contributed by atoms with van der Waals surface area (Å²) in [5.41, 5.74) is 3.42. The van der Waals surface area contributed by atoms with E-state index in [1.54, 1.807) is 0 Å². The molecular formula is C15H16Br2N2. The van der Waals surface area contributed by atoms with E-state index >= 15 is 0 Å². The quantitative estimate of drug-likeness (QED) is 0.833. The molecule has 4 heteroatoms. The lowest BCUT2D eigenvalue weighted by Crippen LogP contribution is -2.22. The first-order valence-corrected chi connectivity index (χ1v) is 7.81. The van der Waals surface area contributed by atoms with Gasteiger partial charge in [0.2, 0.25) is 0 Å². The highest BCUT2D eigenvalue weighted by atomic mass is 79.9. The Morgan fingerprint density at radius 3 is 2.63 bits per heavy atom. The molecular weight excluding hydrogens is 368 g/mol. The molecule has 2 nitrogen and oxygen atoms in total. The van der Waals surface area contributed by atoms with Crippen LogP contribution in [0.2, 0.25) is 0 Å². The largest absolute Gasteiger partial charge is 0.306 e. The highest BCUT2D eigenvalue weighted by Gasteiger charge is 2.16. The summed E-state index contributed by atoms with van der Waals surface area (Å²) in [6.07, 6.45) is 1.94. The lowest BCUT2D eigenvalue weighted by molar-refractivity contribution is 0.626. The number of nitrogens with zero attached hydrogens (tertiary/aromatic N) is 1. The summed E-state index contributed by atoms with van der Waals surface area (Å²) in [7, 11) is 0. The van der Waals surface area contributed by atoms with Crippen molar-refractivity contribution >= 4 is 31.9 Å². The van der Waals surface area contributed by atoms with Gasteiger partial charge in [-0.15, -0.1) is 0 Å². The minimum Gasteiger partial charge on any atom is -0.306 e. The molecule has 0 spiro atoms. The fourth-order valence-electron chi connectivity index (χ4n) is 2.00. The standard InChI is InChI=1S/C15H16Br2N2/c1-3-18-15(11-5-4-10(2)19-9-11)13-8-12(16)6-7-14(13)17/h4-9,15,18H,3H2,1-2H3. The van der Waals surface area contributed by atoms with Gasteiger partial charge in [-0.25, -0.2) is 0 Å². The molecule has 0 saturated carbocycles. The second-order valence-electron chi connectivity index (χ2n) is 4.39. The summed E-state index contributed by atoms with van der Waals surface area (Å²) in [6, 6.07) is 10.5. The number of rotatable bonds is 4. The van der Waals surface area contributed by atoms with E-state index in [9.17, 15) is 0 Å². The average Bonchev–Trinajstić information content (AvgIpc) is 2.40. The molecule has 100 valence electrons. The Bertz CT molecular complexity index is 553. The minimum atomic E-state index is 0.143. The maximum Gasteiger partial charge on any atom is 0.0603 e. The highest BCUT2D eigenvalue weighted by Crippen LogP contribution is 2.30. The Labute approximate surface area is 130 Å². The first-order chi connectivity index (χ1) is 9.11. The first-order valence-electron chi connectivity index (χ1n) is 6.22. The van der Waals surface area contributed by atoms with Crippen LogP contribution in [0.15, 0.2) is 45.5 Å². The van der Waals surface area contributed by atoms with Crippen LogP contribution in [-0.4, -0.2) is 11.5 Å². The Balaban J connectivity index is 2.44. The minimum absolute atomic E-state index is 0.143. The summed E-state index contributed by atoms with van der Waals surface area (Å²) in [6.45, 7) is 5.01. The smallest absolute Gasteiger partial charge is 0.0603 e. The van der Waals surface area contributed by atoms with Crippen molar-refractivity contribution in [3.05, 3.63) is 62.3 Å². The second kappa shape index (κ2) is 6.64. The summed E-state index contributed by atoms with van der Waals surface area (Å²) in [5, 5.41) is 3.51. The van der Waals surface area contributed by atoms with Crippen molar-refractivity contribution in [2.75, 3.05) is 6.54 Å². The molecule has 1 atom stereocenters. The molecule has 1 aromatic carbocycles. The molecule has 1 N–H and O–H groups in total. The van der Waals surface area contributed by atoms with E-state index < -0.39 is 0 Å². The molecule has 0 fully saturated rings. The molecule has 2 aromatic rings. The maximum atomic E-state index is 4.39. The van der Waals surface area contributed by atoms with Crippen LogP contribution < -0.4 is 5.32 Å². The van der Waals surface area contributed by atoms with E-state index in [1.807, 2.05) is 25.3 Å². The van der Waals surface area contributed by atoms with Crippen molar-refractivity contribution in [2.24, 2.45) is 0 Å². The van der Waals surface area contributed by atoms with Crippen LogP contribution in [0.25, 0.3) is 0 Å². The average molecular weight is 384 g/mol. The molecule has 0 aliphatic carbocycles. The first kappa shape index (κ1) is 14.7. The molecule has 19 heavy (non-hydrogen) atoms. The van der Waals surface area contributed by atoms with E-state index in [0.29, 0.717) is 0 Å². The van der Waals surface area contributed by atoms with Gasteiger partial charge in [-0.3, -0.25) is 4.98 Å². The number of pyridine rings is 1. The molecule has 1 aromatic heterocycles. The van der Waals surface area contributed by atoms with Crippen LogP contribution >= 0.6 is 31.9 Å². The molecule has 0 aliphatic heterocycles. The van der Waals surface area contributed by atoms with Crippen LogP contribution in [-0.2, 0) is 0 Å². The molecule has 1 heterocycles. The van der Waals surface area contributed by atoms with Crippen LogP contribution in [0.3, 0.4) is 0 Å². The lowest BCUT2D eigenvalue weighted by atomic mass is 10.00. The van der Waals surface area contributed by atoms with Gasteiger partial charge in [0.15, 0.2) is 0 Å². The van der Waals surface area contributed by atoms with Crippen LogP contribution in [0.1, 0.15) is 29.8 Å². The molecule has 1 unspecified atom stereocenters. The Hall–Kier alpha value is -0.710. The zero-order valence-electron chi connectivity index (χ0n) is 11.0. The predicted molar refractivity (Wildman–Crippen MR) is 86.3 cm³/mol. The number of aromatic nitrogens is 1. The Kier molecular flexibility index (Phi) is 5.13.